The number of hydrogen-bond acceptors (Lipinski definition) is 0. The molecule has 2 heteroatoms. The topological polar surface area (TPSA) is 0 Å². The van der Waals surface area contributed by atoms with Crippen LogP contribution in [0.2, 0.25) is 0 Å². The Morgan fingerprint density at radius 2 is 1.64 bits per heavy atom. The molecule has 0 aliphatic heterocycles. The molecule has 0 unspecified atom stereocenters. The molecule has 0 saturated carbocycles. The third kappa shape index (κ3) is 9.86. The van der Waals surface area contributed by atoms with Crippen molar-refractivity contribution in [1.82, 2.24) is 0 Å². The molecular weight excluding hydrogens is 146 g/mol. The highest BCUT2D eigenvalue weighted by Crippen LogP contribution is 2.22. The molecule has 0 heterocycles. The van der Waals surface area contributed by atoms with E-state index in [-0.39, 0.29) is 6.42 Å². The van der Waals surface area contributed by atoms with Crippen LogP contribution in [0.4, 0.5) is 8.78 Å². The van der Waals surface area contributed by atoms with E-state index in [4.69, 9.17) is 0 Å². The van der Waals surface area contributed by atoms with Crippen molar-refractivity contribution >= 4 is 0 Å². The molecule has 11 heavy (non-hydrogen) atoms. The van der Waals surface area contributed by atoms with E-state index in [0.717, 1.165) is 12.8 Å². The van der Waals surface area contributed by atoms with Gasteiger partial charge >= 0.3 is 0 Å². The van der Waals surface area contributed by atoms with Crippen LogP contribution in [0.15, 0.2) is 0 Å². The second-order valence-electron chi connectivity index (χ2n) is 4.20. The van der Waals surface area contributed by atoms with Crippen molar-refractivity contribution in [1.29, 1.82) is 0 Å². The maximum atomic E-state index is 11.7. The molecule has 0 atom stereocenters. The lowest BCUT2D eigenvalue weighted by Gasteiger charge is -2.17. The van der Waals surface area contributed by atoms with Gasteiger partial charge in [-0.15, -0.1) is 0 Å². The van der Waals surface area contributed by atoms with Crippen molar-refractivity contribution in [2.24, 2.45) is 5.41 Å². The predicted molar refractivity (Wildman–Crippen MR) is 43.9 cm³/mol. The van der Waals surface area contributed by atoms with Gasteiger partial charge in [-0.3, -0.25) is 0 Å². The maximum absolute atomic E-state index is 11.7. The fourth-order valence-electron chi connectivity index (χ4n) is 0.954. The van der Waals surface area contributed by atoms with E-state index in [1.54, 1.807) is 0 Å². The van der Waals surface area contributed by atoms with Crippen LogP contribution in [0.25, 0.3) is 0 Å². The average molecular weight is 164 g/mol. The Kier molecular flexibility index (Phi) is 4.62. The van der Waals surface area contributed by atoms with Gasteiger partial charge in [0.05, 0.1) is 0 Å². The van der Waals surface area contributed by atoms with Crippen LogP contribution in [-0.4, -0.2) is 6.43 Å². The van der Waals surface area contributed by atoms with Gasteiger partial charge in [0.2, 0.25) is 6.43 Å². The molecule has 0 saturated heterocycles. The molecule has 0 nitrogen and oxygen atoms in total. The molecule has 0 rings (SSSR count). The summed E-state index contributed by atoms with van der Waals surface area (Å²) in [7, 11) is 0. The first-order valence-electron chi connectivity index (χ1n) is 4.20. The van der Waals surface area contributed by atoms with Gasteiger partial charge in [-0.25, -0.2) is 8.78 Å². The molecular formula is C9H18F2. The molecule has 0 aromatic rings. The zero-order valence-corrected chi connectivity index (χ0v) is 7.66. The van der Waals surface area contributed by atoms with E-state index < -0.39 is 6.43 Å². The Hall–Kier alpha value is -0.140. The summed E-state index contributed by atoms with van der Waals surface area (Å²) >= 11 is 0. The summed E-state index contributed by atoms with van der Waals surface area (Å²) in [6, 6.07) is 0. The largest absolute Gasteiger partial charge is 0.238 e. The van der Waals surface area contributed by atoms with Gasteiger partial charge < -0.3 is 0 Å². The first-order valence-corrected chi connectivity index (χ1v) is 4.20. The zero-order chi connectivity index (χ0) is 8.91. The number of hydrogen-bond donors (Lipinski definition) is 0. The maximum Gasteiger partial charge on any atom is 0.238 e. The van der Waals surface area contributed by atoms with Gasteiger partial charge in [0, 0.05) is 6.42 Å². The molecule has 0 aliphatic rings. The van der Waals surface area contributed by atoms with Crippen LogP contribution >= 0.6 is 0 Å². The van der Waals surface area contributed by atoms with Crippen molar-refractivity contribution in [3.8, 4) is 0 Å². The van der Waals surface area contributed by atoms with E-state index in [1.165, 1.54) is 0 Å². The molecule has 0 N–H and O–H groups in total. The van der Waals surface area contributed by atoms with Crippen molar-refractivity contribution < 1.29 is 8.78 Å². The first kappa shape index (κ1) is 10.9. The Morgan fingerprint density at radius 3 is 2.00 bits per heavy atom. The number of halogens is 2. The normalized spacial score (nSPS) is 12.5. The lowest BCUT2D eigenvalue weighted by Crippen LogP contribution is -2.04. The predicted octanol–water partition coefficient (Wildman–Crippen LogP) is 3.86. The Labute approximate surface area is 68.0 Å². The van der Waals surface area contributed by atoms with Crippen LogP contribution < -0.4 is 0 Å². The molecule has 0 aromatic carbocycles. The average Bonchev–Trinajstić information content (AvgIpc) is 1.78. The summed E-state index contributed by atoms with van der Waals surface area (Å²) in [6.07, 6.45) is 0.577. The van der Waals surface area contributed by atoms with Crippen molar-refractivity contribution in [2.75, 3.05) is 0 Å². The molecule has 0 amide bonds. The van der Waals surface area contributed by atoms with E-state index >= 15 is 0 Å². The number of alkyl halides is 2. The van der Waals surface area contributed by atoms with E-state index in [2.05, 4.69) is 20.8 Å². The van der Waals surface area contributed by atoms with Gasteiger partial charge in [-0.2, -0.15) is 0 Å². The fraction of sp³-hybridized carbons (Fsp3) is 1.00. The van der Waals surface area contributed by atoms with Gasteiger partial charge in [0.1, 0.15) is 0 Å². The van der Waals surface area contributed by atoms with Gasteiger partial charge in [0.25, 0.3) is 0 Å². The summed E-state index contributed by atoms with van der Waals surface area (Å²) in [5.74, 6) is 0. The Balaban J connectivity index is 3.15. The van der Waals surface area contributed by atoms with E-state index in [0.29, 0.717) is 11.8 Å². The molecule has 68 valence electrons. The Morgan fingerprint density at radius 1 is 1.09 bits per heavy atom. The van der Waals surface area contributed by atoms with Gasteiger partial charge in [0.15, 0.2) is 0 Å². The summed E-state index contributed by atoms with van der Waals surface area (Å²) < 4.78 is 23.3. The molecule has 0 spiro atoms. The SMILES string of the molecule is CC(C)(C)CCCCC(F)F. The highest BCUT2D eigenvalue weighted by Gasteiger charge is 2.09. The van der Waals surface area contributed by atoms with Crippen LogP contribution in [0.1, 0.15) is 46.5 Å². The summed E-state index contributed by atoms with van der Waals surface area (Å²) in [5, 5.41) is 0. The molecule has 0 radical (unpaired) electrons. The quantitative estimate of drug-likeness (QED) is 0.553. The highest BCUT2D eigenvalue weighted by molar-refractivity contribution is 4.61. The molecule has 0 fully saturated rings. The Bertz CT molecular complexity index is 92.2. The minimum Gasteiger partial charge on any atom is -0.211 e. The third-order valence-electron chi connectivity index (χ3n) is 1.60. The highest BCUT2D eigenvalue weighted by atomic mass is 19.3. The van der Waals surface area contributed by atoms with Crippen molar-refractivity contribution in [3.05, 3.63) is 0 Å². The van der Waals surface area contributed by atoms with Crippen LogP contribution in [0.5, 0.6) is 0 Å². The lowest BCUT2D eigenvalue weighted by molar-refractivity contribution is 0.132. The van der Waals surface area contributed by atoms with Crippen molar-refractivity contribution in [3.63, 3.8) is 0 Å². The monoisotopic (exact) mass is 164 g/mol. The van der Waals surface area contributed by atoms with Gasteiger partial charge in [-0.05, 0) is 18.3 Å². The standard InChI is InChI=1S/C9H18F2/c1-9(2,3)7-5-4-6-8(10)11/h8H,4-7H2,1-3H3. The minimum atomic E-state index is -2.12. The molecule has 0 aliphatic carbocycles. The van der Waals surface area contributed by atoms with Crippen LogP contribution in [0.3, 0.4) is 0 Å². The summed E-state index contributed by atoms with van der Waals surface area (Å²) in [6.45, 7) is 6.40. The molecule has 0 aromatic heterocycles. The lowest BCUT2D eigenvalue weighted by atomic mass is 9.89. The zero-order valence-electron chi connectivity index (χ0n) is 7.66. The van der Waals surface area contributed by atoms with Crippen LogP contribution in [-0.2, 0) is 0 Å². The summed E-state index contributed by atoms with van der Waals surface area (Å²) in [4.78, 5) is 0. The van der Waals surface area contributed by atoms with Gasteiger partial charge in [-0.1, -0.05) is 27.2 Å². The third-order valence-corrected chi connectivity index (χ3v) is 1.60. The first-order chi connectivity index (χ1) is 4.92. The van der Waals surface area contributed by atoms with Crippen molar-refractivity contribution in [2.45, 2.75) is 52.9 Å². The number of unbranched alkanes of at least 4 members (excludes halogenated alkanes) is 1. The second kappa shape index (κ2) is 4.68. The minimum absolute atomic E-state index is 0.0656. The molecule has 0 bridgehead atoms. The fourth-order valence-corrected chi connectivity index (χ4v) is 0.954. The van der Waals surface area contributed by atoms with Crippen LogP contribution in [0, 0.1) is 5.41 Å². The van der Waals surface area contributed by atoms with E-state index in [9.17, 15) is 8.78 Å². The second-order valence-corrected chi connectivity index (χ2v) is 4.20. The number of rotatable bonds is 4. The smallest absolute Gasteiger partial charge is 0.211 e. The van der Waals surface area contributed by atoms with E-state index in [1.807, 2.05) is 0 Å². The summed E-state index contributed by atoms with van der Waals surface area (Å²) in [5.41, 5.74) is 0.294.